The number of piperazine rings is 1. The first kappa shape index (κ1) is 26.7. The highest BCUT2D eigenvalue weighted by atomic mass is 32.2. The van der Waals surface area contributed by atoms with Gasteiger partial charge in [0.1, 0.15) is 0 Å². The molecule has 34 heavy (non-hydrogen) atoms. The molecular weight excluding hydrogens is 492 g/mol. The molecule has 2 aliphatic rings. The minimum Gasteiger partial charge on any atom is -0.369 e. The molecule has 1 aliphatic heterocycles. The Labute approximate surface area is 192 Å². The Morgan fingerprint density at radius 3 is 2.00 bits per heavy atom. The lowest BCUT2D eigenvalue weighted by atomic mass is 9.68. The number of nitrogens with zero attached hydrogens (tertiary/aromatic N) is 2. The van der Waals surface area contributed by atoms with Crippen LogP contribution in [0.15, 0.2) is 29.2 Å². The Morgan fingerprint density at radius 1 is 1.09 bits per heavy atom. The van der Waals surface area contributed by atoms with Gasteiger partial charge in [0.2, 0.25) is 15.9 Å². The minimum atomic E-state index is -6.07. The quantitative estimate of drug-likeness (QED) is 0.564. The lowest BCUT2D eigenvalue weighted by Gasteiger charge is -2.46. The van der Waals surface area contributed by atoms with Gasteiger partial charge in [-0.1, -0.05) is 18.6 Å². The van der Waals surface area contributed by atoms with Crippen LogP contribution in [0.4, 0.5) is 26.3 Å². The zero-order chi connectivity index (χ0) is 25.7. The van der Waals surface area contributed by atoms with Crippen LogP contribution in [0.5, 0.6) is 0 Å². The summed E-state index contributed by atoms with van der Waals surface area (Å²) in [7, 11) is -4.25. The number of hydrogen-bond donors (Lipinski definition) is 2. The molecule has 1 saturated heterocycles. The summed E-state index contributed by atoms with van der Waals surface area (Å²) in [5.74, 6) is -0.404. The van der Waals surface area contributed by atoms with Gasteiger partial charge in [0.25, 0.3) is 5.60 Å². The number of hydrogen-bond acceptors (Lipinski definition) is 5. The second kappa shape index (κ2) is 8.64. The van der Waals surface area contributed by atoms with Crippen LogP contribution in [0.3, 0.4) is 0 Å². The van der Waals surface area contributed by atoms with Crippen molar-refractivity contribution in [3.05, 3.63) is 29.8 Å². The van der Waals surface area contributed by atoms with Gasteiger partial charge in [-0.3, -0.25) is 9.69 Å². The maximum Gasteiger partial charge on any atom is 0.430 e. The predicted octanol–water partition coefficient (Wildman–Crippen LogP) is 2.35. The van der Waals surface area contributed by atoms with Crippen LogP contribution in [0.25, 0.3) is 0 Å². The molecule has 1 amide bonds. The van der Waals surface area contributed by atoms with E-state index in [-0.39, 0.29) is 19.6 Å². The fourth-order valence-corrected chi connectivity index (χ4v) is 6.14. The van der Waals surface area contributed by atoms with Crippen LogP contribution < -0.4 is 5.73 Å². The topological polar surface area (TPSA) is 104 Å². The lowest BCUT2D eigenvalue weighted by Crippen LogP contribution is -2.58. The summed E-state index contributed by atoms with van der Waals surface area (Å²) >= 11 is 0. The lowest BCUT2D eigenvalue weighted by molar-refractivity contribution is -0.376. The van der Waals surface area contributed by atoms with Crippen molar-refractivity contribution in [2.24, 2.45) is 11.1 Å². The van der Waals surface area contributed by atoms with Crippen molar-refractivity contribution in [1.82, 2.24) is 9.21 Å². The highest BCUT2D eigenvalue weighted by Crippen LogP contribution is 2.50. The van der Waals surface area contributed by atoms with Gasteiger partial charge >= 0.3 is 12.4 Å². The van der Waals surface area contributed by atoms with E-state index in [0.717, 1.165) is 10.7 Å². The second-order valence-corrected chi connectivity index (χ2v) is 10.8. The molecule has 1 aromatic carbocycles. The van der Waals surface area contributed by atoms with E-state index in [1.165, 1.54) is 0 Å². The summed E-state index contributed by atoms with van der Waals surface area (Å²) in [4.78, 5) is 13.2. The molecule has 1 heterocycles. The van der Waals surface area contributed by atoms with E-state index in [4.69, 9.17) is 5.73 Å². The first-order valence-corrected chi connectivity index (χ1v) is 11.9. The van der Waals surface area contributed by atoms with E-state index in [1.54, 1.807) is 6.92 Å². The molecule has 1 aliphatic carbocycles. The molecule has 14 heteroatoms. The van der Waals surface area contributed by atoms with Crippen molar-refractivity contribution in [2.45, 2.75) is 55.1 Å². The molecule has 3 N–H and O–H groups in total. The van der Waals surface area contributed by atoms with Gasteiger partial charge in [-0.2, -0.15) is 30.6 Å². The molecular formula is C20H25F6N3O4S. The van der Waals surface area contributed by atoms with Crippen LogP contribution in [0.1, 0.15) is 31.7 Å². The van der Waals surface area contributed by atoms with Crippen LogP contribution in [0.2, 0.25) is 0 Å². The monoisotopic (exact) mass is 517 g/mol. The van der Waals surface area contributed by atoms with Gasteiger partial charge in [-0.05, 0) is 31.9 Å². The number of amides is 1. The molecule has 0 radical (unpaired) electrons. The van der Waals surface area contributed by atoms with Crippen molar-refractivity contribution < 1.29 is 44.7 Å². The number of carbonyl (C=O) groups is 1. The fraction of sp³-hybridized carbons (Fsp3) is 0.650. The van der Waals surface area contributed by atoms with Gasteiger partial charge in [-0.25, -0.2) is 8.42 Å². The fourth-order valence-electron chi connectivity index (χ4n) is 4.52. The predicted molar refractivity (Wildman–Crippen MR) is 108 cm³/mol. The molecule has 1 saturated carbocycles. The maximum absolute atomic E-state index is 13.1. The first-order chi connectivity index (χ1) is 15.5. The number of sulfonamides is 1. The summed E-state index contributed by atoms with van der Waals surface area (Å²) in [6, 6.07) is 1.26. The number of benzene rings is 1. The zero-order valence-electron chi connectivity index (χ0n) is 18.2. The number of nitrogens with two attached hydrogens (primary N) is 1. The van der Waals surface area contributed by atoms with E-state index >= 15 is 0 Å². The van der Waals surface area contributed by atoms with Gasteiger partial charge in [0, 0.05) is 37.8 Å². The Kier molecular flexibility index (Phi) is 6.79. The highest BCUT2D eigenvalue weighted by Gasteiger charge is 2.71. The van der Waals surface area contributed by atoms with Crippen molar-refractivity contribution >= 4 is 15.9 Å². The van der Waals surface area contributed by atoms with Crippen molar-refractivity contribution in [2.75, 3.05) is 26.2 Å². The normalized spacial score (nSPS) is 22.9. The summed E-state index contributed by atoms with van der Waals surface area (Å²) in [5.41, 5.74) is -1.79. The third-order valence-corrected chi connectivity index (χ3v) is 8.74. The SMILES string of the molecule is CC1CN(CC2(C(N)=O)CCC2)CCN1S(=O)(=O)c1ccc(C(O)(C(F)(F)F)C(F)(F)F)cc1. The Morgan fingerprint density at radius 2 is 1.62 bits per heavy atom. The summed E-state index contributed by atoms with van der Waals surface area (Å²) in [6.07, 6.45) is -9.95. The Balaban J connectivity index is 1.79. The van der Waals surface area contributed by atoms with Crippen LogP contribution in [-0.4, -0.2) is 73.2 Å². The molecule has 3 rings (SSSR count). The number of alkyl halides is 6. The van der Waals surface area contributed by atoms with Crippen molar-refractivity contribution in [3.8, 4) is 0 Å². The van der Waals surface area contributed by atoms with Gasteiger partial charge in [-0.15, -0.1) is 0 Å². The standard InChI is InChI=1S/C20H25F6N3O4S/c1-13-11-28(12-17(16(27)30)7-2-8-17)9-10-29(13)34(32,33)15-5-3-14(4-6-15)18(31,19(21,22)23)20(24,25)26/h3-6,13,31H,2,7-12H2,1H3,(H2,27,30). The van der Waals surface area contributed by atoms with E-state index in [9.17, 15) is 44.7 Å². The molecule has 1 atom stereocenters. The highest BCUT2D eigenvalue weighted by molar-refractivity contribution is 7.89. The molecule has 0 spiro atoms. The molecule has 1 aromatic rings. The molecule has 192 valence electrons. The third kappa shape index (κ3) is 4.40. The smallest absolute Gasteiger partial charge is 0.369 e. The van der Waals surface area contributed by atoms with E-state index in [1.807, 2.05) is 4.90 Å². The van der Waals surface area contributed by atoms with Gasteiger partial charge in [0.15, 0.2) is 0 Å². The van der Waals surface area contributed by atoms with Crippen molar-refractivity contribution in [1.29, 1.82) is 0 Å². The summed E-state index contributed by atoms with van der Waals surface area (Å²) in [5, 5.41) is 9.48. The molecule has 0 bridgehead atoms. The van der Waals surface area contributed by atoms with E-state index in [0.29, 0.717) is 43.7 Å². The van der Waals surface area contributed by atoms with Crippen LogP contribution in [0, 0.1) is 5.41 Å². The van der Waals surface area contributed by atoms with Gasteiger partial charge in [0.05, 0.1) is 10.3 Å². The largest absolute Gasteiger partial charge is 0.430 e. The average Bonchev–Trinajstić information content (AvgIpc) is 2.68. The summed E-state index contributed by atoms with van der Waals surface area (Å²) < 4.78 is 106. The molecule has 0 aromatic heterocycles. The molecule has 7 nitrogen and oxygen atoms in total. The van der Waals surface area contributed by atoms with Crippen LogP contribution >= 0.6 is 0 Å². The maximum atomic E-state index is 13.1. The third-order valence-electron chi connectivity index (χ3n) is 6.71. The van der Waals surface area contributed by atoms with Gasteiger partial charge < -0.3 is 10.8 Å². The van der Waals surface area contributed by atoms with E-state index < -0.39 is 55.8 Å². The number of carbonyl (C=O) groups excluding carboxylic acids is 1. The van der Waals surface area contributed by atoms with Crippen molar-refractivity contribution in [3.63, 3.8) is 0 Å². The minimum absolute atomic E-state index is 0.00906. The average molecular weight is 517 g/mol. The first-order valence-electron chi connectivity index (χ1n) is 10.5. The van der Waals surface area contributed by atoms with Crippen LogP contribution in [-0.2, 0) is 20.4 Å². The number of rotatable bonds is 6. The number of primary amides is 1. The molecule has 1 unspecified atom stereocenters. The van der Waals surface area contributed by atoms with E-state index in [2.05, 4.69) is 0 Å². The number of aliphatic hydroxyl groups is 1. The second-order valence-electron chi connectivity index (χ2n) is 8.93. The Hall–Kier alpha value is -1.90. The number of halogens is 6. The zero-order valence-corrected chi connectivity index (χ0v) is 19.0. The molecule has 2 fully saturated rings. The summed E-state index contributed by atoms with van der Waals surface area (Å²) in [6.45, 7) is 2.56. The Bertz CT molecular complexity index is 1010.